The van der Waals surface area contributed by atoms with Crippen LogP contribution in [0.25, 0.3) is 0 Å². The number of ether oxygens (including phenoxy) is 2. The topological polar surface area (TPSA) is 71.0 Å². The number of benzene rings is 1. The Labute approximate surface area is 182 Å². The van der Waals surface area contributed by atoms with Crippen LogP contribution in [-0.4, -0.2) is 69.4 Å². The second kappa shape index (κ2) is 8.34. The molecule has 4 heterocycles. The first-order valence-electron chi connectivity index (χ1n) is 11.0. The summed E-state index contributed by atoms with van der Waals surface area (Å²) in [5.41, 5.74) is 2.99. The van der Waals surface area contributed by atoms with Gasteiger partial charge in [0.15, 0.2) is 5.82 Å². The van der Waals surface area contributed by atoms with E-state index in [-0.39, 0.29) is 11.8 Å². The molecule has 2 bridgehead atoms. The molecule has 164 valence electrons. The fourth-order valence-corrected chi connectivity index (χ4v) is 4.79. The van der Waals surface area contributed by atoms with Crippen LogP contribution in [0.4, 0.5) is 17.2 Å². The van der Waals surface area contributed by atoms with Crippen LogP contribution in [0.15, 0.2) is 24.4 Å². The minimum Gasteiger partial charge on any atom is -0.496 e. The molecule has 8 heteroatoms. The lowest BCUT2D eigenvalue weighted by Crippen LogP contribution is -2.40. The number of nitrogens with zero attached hydrogens (tertiary/aromatic N) is 5. The number of carbonyl (C=O) groups is 1. The first kappa shape index (κ1) is 20.1. The third-order valence-electron chi connectivity index (χ3n) is 6.56. The summed E-state index contributed by atoms with van der Waals surface area (Å²) in [6.07, 6.45) is 4.33. The van der Waals surface area contributed by atoms with E-state index in [4.69, 9.17) is 14.5 Å². The first-order chi connectivity index (χ1) is 15.1. The molecular weight excluding hydrogens is 394 g/mol. The summed E-state index contributed by atoms with van der Waals surface area (Å²) < 4.78 is 11.2. The number of methoxy groups -OCH3 is 1. The van der Waals surface area contributed by atoms with Crippen LogP contribution in [0.5, 0.6) is 5.75 Å². The maximum absolute atomic E-state index is 12.8. The summed E-state index contributed by atoms with van der Waals surface area (Å²) in [5, 5.41) is 0. The molecule has 0 saturated carbocycles. The Morgan fingerprint density at radius 1 is 1.19 bits per heavy atom. The van der Waals surface area contributed by atoms with Gasteiger partial charge < -0.3 is 24.2 Å². The van der Waals surface area contributed by atoms with E-state index in [2.05, 4.69) is 33.0 Å². The van der Waals surface area contributed by atoms with Crippen molar-refractivity contribution in [3.05, 3.63) is 35.8 Å². The van der Waals surface area contributed by atoms with Crippen molar-refractivity contribution in [1.82, 2.24) is 9.97 Å². The Hall–Kier alpha value is -2.87. The quantitative estimate of drug-likeness (QED) is 0.746. The number of rotatable bonds is 4. The summed E-state index contributed by atoms with van der Waals surface area (Å²) in [5.74, 6) is 2.66. The fourth-order valence-electron chi connectivity index (χ4n) is 4.79. The predicted octanol–water partition coefficient (Wildman–Crippen LogP) is 2.11. The van der Waals surface area contributed by atoms with Crippen molar-refractivity contribution in [2.75, 3.05) is 68.2 Å². The van der Waals surface area contributed by atoms with Crippen molar-refractivity contribution >= 4 is 23.1 Å². The fraction of sp³-hybridized carbons (Fsp3) is 0.522. The summed E-state index contributed by atoms with van der Waals surface area (Å²) in [6, 6.07) is 6.32. The number of fused-ring (bicyclic) bond motifs is 4. The van der Waals surface area contributed by atoms with Crippen LogP contribution in [0, 0.1) is 5.92 Å². The van der Waals surface area contributed by atoms with E-state index < -0.39 is 0 Å². The van der Waals surface area contributed by atoms with Gasteiger partial charge in [-0.1, -0.05) is 6.07 Å². The predicted molar refractivity (Wildman–Crippen MR) is 119 cm³/mol. The van der Waals surface area contributed by atoms with Gasteiger partial charge in [-0.2, -0.15) is 0 Å². The molecule has 1 unspecified atom stereocenters. The van der Waals surface area contributed by atoms with E-state index in [1.807, 2.05) is 7.05 Å². The Balaban J connectivity index is 1.42. The van der Waals surface area contributed by atoms with Gasteiger partial charge in [0.2, 0.25) is 5.91 Å². The lowest BCUT2D eigenvalue weighted by molar-refractivity contribution is -0.122. The number of hydrogen-bond donors (Lipinski definition) is 0. The van der Waals surface area contributed by atoms with Crippen molar-refractivity contribution in [2.45, 2.75) is 19.3 Å². The molecule has 0 N–H and O–H groups in total. The normalized spacial score (nSPS) is 21.0. The molecule has 2 saturated heterocycles. The van der Waals surface area contributed by atoms with Crippen LogP contribution >= 0.6 is 0 Å². The van der Waals surface area contributed by atoms with E-state index in [0.29, 0.717) is 6.42 Å². The standard InChI is InChI=1S/C23H29N5O3/c1-26-19-14-24-21(25-22(19)28-7-3-4-17(15-28)23(26)29)12-16-5-6-18(13-20(16)30-2)27-8-10-31-11-9-27/h5-6,13-14,17H,3-4,7-12,15H2,1-2H3. The van der Waals surface area contributed by atoms with E-state index >= 15 is 0 Å². The van der Waals surface area contributed by atoms with Crippen LogP contribution in [-0.2, 0) is 16.0 Å². The number of carbonyl (C=O) groups excluding carboxylic acids is 1. The molecule has 31 heavy (non-hydrogen) atoms. The van der Waals surface area contributed by atoms with Crippen LogP contribution < -0.4 is 19.4 Å². The summed E-state index contributed by atoms with van der Waals surface area (Å²) >= 11 is 0. The minimum absolute atomic E-state index is 0.0456. The molecule has 2 fully saturated rings. The SMILES string of the molecule is COc1cc(N2CCOCC2)ccc1Cc1ncc2c(n1)N1CCCC(C1)C(=O)N2C. The highest BCUT2D eigenvalue weighted by molar-refractivity contribution is 5.98. The smallest absolute Gasteiger partial charge is 0.231 e. The van der Waals surface area contributed by atoms with E-state index in [1.54, 1.807) is 18.2 Å². The van der Waals surface area contributed by atoms with Gasteiger partial charge in [0, 0.05) is 57.0 Å². The first-order valence-corrected chi connectivity index (χ1v) is 11.0. The Kier molecular flexibility index (Phi) is 5.40. The zero-order chi connectivity index (χ0) is 21.4. The average molecular weight is 424 g/mol. The largest absolute Gasteiger partial charge is 0.496 e. The number of piperidine rings is 1. The zero-order valence-electron chi connectivity index (χ0n) is 18.2. The third kappa shape index (κ3) is 3.80. The molecule has 1 aromatic heterocycles. The molecule has 8 nitrogen and oxygen atoms in total. The molecule has 0 radical (unpaired) electrons. The number of morpholine rings is 1. The van der Waals surface area contributed by atoms with Gasteiger partial charge in [0.25, 0.3) is 0 Å². The molecule has 1 aromatic carbocycles. The highest BCUT2D eigenvalue weighted by Crippen LogP contribution is 2.35. The molecule has 0 spiro atoms. The van der Waals surface area contributed by atoms with Gasteiger partial charge in [-0.25, -0.2) is 9.97 Å². The van der Waals surface area contributed by atoms with Crippen molar-refractivity contribution in [3.63, 3.8) is 0 Å². The van der Waals surface area contributed by atoms with Gasteiger partial charge in [0.1, 0.15) is 17.3 Å². The zero-order valence-corrected chi connectivity index (χ0v) is 18.2. The van der Waals surface area contributed by atoms with Crippen LogP contribution in [0.2, 0.25) is 0 Å². The molecule has 1 atom stereocenters. The van der Waals surface area contributed by atoms with E-state index in [0.717, 1.165) is 86.6 Å². The second-order valence-corrected chi connectivity index (χ2v) is 8.45. The van der Waals surface area contributed by atoms with Gasteiger partial charge in [-0.05, 0) is 18.9 Å². The number of amides is 1. The molecular formula is C23H29N5O3. The third-order valence-corrected chi connectivity index (χ3v) is 6.56. The van der Waals surface area contributed by atoms with Crippen molar-refractivity contribution < 1.29 is 14.3 Å². The number of hydrogen-bond acceptors (Lipinski definition) is 7. The Bertz CT molecular complexity index is 976. The lowest BCUT2D eigenvalue weighted by atomic mass is 9.98. The average Bonchev–Trinajstić information content (AvgIpc) is 2.89. The highest BCUT2D eigenvalue weighted by Gasteiger charge is 2.35. The van der Waals surface area contributed by atoms with Crippen LogP contribution in [0.1, 0.15) is 24.2 Å². The van der Waals surface area contributed by atoms with Crippen molar-refractivity contribution in [3.8, 4) is 5.75 Å². The maximum atomic E-state index is 12.8. The molecule has 2 aromatic rings. The van der Waals surface area contributed by atoms with Crippen LogP contribution in [0.3, 0.4) is 0 Å². The van der Waals surface area contributed by atoms with Crippen molar-refractivity contribution in [1.29, 1.82) is 0 Å². The molecule has 3 aliphatic rings. The van der Waals surface area contributed by atoms with E-state index in [1.165, 1.54) is 0 Å². The van der Waals surface area contributed by atoms with Gasteiger partial charge >= 0.3 is 0 Å². The van der Waals surface area contributed by atoms with Gasteiger partial charge in [-0.3, -0.25) is 4.79 Å². The van der Waals surface area contributed by atoms with Gasteiger partial charge in [-0.15, -0.1) is 0 Å². The number of anilines is 3. The Morgan fingerprint density at radius 2 is 2.03 bits per heavy atom. The Morgan fingerprint density at radius 3 is 2.84 bits per heavy atom. The molecule has 1 amide bonds. The summed E-state index contributed by atoms with van der Waals surface area (Å²) in [7, 11) is 3.54. The maximum Gasteiger partial charge on any atom is 0.231 e. The van der Waals surface area contributed by atoms with E-state index in [9.17, 15) is 4.79 Å². The van der Waals surface area contributed by atoms with Crippen molar-refractivity contribution in [2.24, 2.45) is 5.92 Å². The monoisotopic (exact) mass is 423 g/mol. The second-order valence-electron chi connectivity index (χ2n) is 8.45. The minimum atomic E-state index is 0.0456. The molecule has 3 aliphatic heterocycles. The summed E-state index contributed by atoms with van der Waals surface area (Å²) in [6.45, 7) is 4.95. The highest BCUT2D eigenvalue weighted by atomic mass is 16.5. The molecule has 0 aliphatic carbocycles. The lowest BCUT2D eigenvalue weighted by Gasteiger charge is -2.30. The summed E-state index contributed by atoms with van der Waals surface area (Å²) in [4.78, 5) is 28.5. The number of aromatic nitrogens is 2. The molecule has 5 rings (SSSR count). The van der Waals surface area contributed by atoms with Gasteiger partial charge in [0.05, 0.1) is 32.4 Å².